The smallest absolute Gasteiger partial charge is 0.317 e. The molecule has 0 radical (unpaired) electrons. The minimum absolute atomic E-state index is 0.0261. The summed E-state index contributed by atoms with van der Waals surface area (Å²) in [6.45, 7) is 2.64. The Labute approximate surface area is 220 Å². The molecule has 5 rings (SSSR count). The fourth-order valence-corrected chi connectivity index (χ4v) is 4.62. The van der Waals surface area contributed by atoms with E-state index in [1.807, 2.05) is 13.0 Å². The van der Waals surface area contributed by atoms with Crippen molar-refractivity contribution in [2.45, 2.75) is 63.6 Å². The van der Waals surface area contributed by atoms with Crippen molar-refractivity contribution in [1.29, 1.82) is 0 Å². The molecule has 0 atom stereocenters. The van der Waals surface area contributed by atoms with E-state index < -0.39 is 0 Å². The number of urea groups is 1. The summed E-state index contributed by atoms with van der Waals surface area (Å²) in [6.07, 6.45) is 8.88. The summed E-state index contributed by atoms with van der Waals surface area (Å²) in [5.41, 5.74) is 2.30. The fraction of sp³-hybridized carbons (Fsp3) is 0.480. The van der Waals surface area contributed by atoms with Gasteiger partial charge in [0.05, 0.1) is 11.9 Å². The number of carbonyl (C=O) groups is 2. The molecule has 2 aliphatic rings. The maximum absolute atomic E-state index is 13.1. The molecule has 12 heteroatoms. The van der Waals surface area contributed by atoms with Gasteiger partial charge in [0.1, 0.15) is 11.0 Å². The van der Waals surface area contributed by atoms with Crippen molar-refractivity contribution in [2.24, 2.45) is 0 Å². The Balaban J connectivity index is 1.31. The average Bonchev–Trinajstić information content (AvgIpc) is 3.59. The highest BCUT2D eigenvalue weighted by atomic mass is 35.5. The Morgan fingerprint density at radius 2 is 1.76 bits per heavy atom. The first-order valence-corrected chi connectivity index (χ1v) is 13.1. The summed E-state index contributed by atoms with van der Waals surface area (Å²) in [5.74, 6) is 0.331. The second kappa shape index (κ2) is 10.8. The Morgan fingerprint density at radius 3 is 2.46 bits per heavy atom. The maximum atomic E-state index is 13.1. The monoisotopic (exact) mass is 525 g/mol. The molecule has 0 aliphatic heterocycles. The van der Waals surface area contributed by atoms with E-state index >= 15 is 0 Å². The number of halogens is 1. The largest absolute Gasteiger partial charge is 0.379 e. The zero-order valence-corrected chi connectivity index (χ0v) is 21.8. The van der Waals surface area contributed by atoms with Gasteiger partial charge in [-0.15, -0.1) is 5.10 Å². The zero-order chi connectivity index (χ0) is 25.9. The molecule has 0 bridgehead atoms. The lowest BCUT2D eigenvalue weighted by molar-refractivity contribution is 0.102. The number of rotatable bonds is 8. The summed E-state index contributed by atoms with van der Waals surface area (Å²) in [6, 6.07) is 6.00. The van der Waals surface area contributed by atoms with Crippen LogP contribution in [0, 0.1) is 0 Å². The normalized spacial score (nSPS) is 19.3. The molecule has 2 fully saturated rings. The highest BCUT2D eigenvalue weighted by molar-refractivity contribution is 6.29. The number of nitrogens with one attached hydrogen (secondary N) is 4. The van der Waals surface area contributed by atoms with Gasteiger partial charge >= 0.3 is 6.03 Å². The number of fused-ring (bicyclic) bond motifs is 1. The molecule has 11 nitrogen and oxygen atoms in total. The van der Waals surface area contributed by atoms with Crippen molar-refractivity contribution in [3.63, 3.8) is 0 Å². The number of pyridine rings is 1. The molecule has 3 aromatic heterocycles. The lowest BCUT2D eigenvalue weighted by Gasteiger charge is -2.31. The molecular formula is C25H32ClN9O2. The second-order valence-corrected chi connectivity index (χ2v) is 10.1. The van der Waals surface area contributed by atoms with Crippen LogP contribution in [0.4, 0.5) is 22.0 Å². The van der Waals surface area contributed by atoms with Gasteiger partial charge in [-0.25, -0.2) is 19.3 Å². The van der Waals surface area contributed by atoms with Gasteiger partial charge in [0.15, 0.2) is 11.3 Å². The van der Waals surface area contributed by atoms with Crippen LogP contribution >= 0.6 is 11.6 Å². The van der Waals surface area contributed by atoms with E-state index in [-0.39, 0.29) is 24.0 Å². The van der Waals surface area contributed by atoms with Crippen LogP contribution in [0.2, 0.25) is 5.15 Å². The summed E-state index contributed by atoms with van der Waals surface area (Å²) < 4.78 is 1.58. The third kappa shape index (κ3) is 6.04. The lowest BCUT2D eigenvalue weighted by atomic mass is 9.91. The molecule has 3 aromatic rings. The predicted octanol–water partition coefficient (Wildman–Crippen LogP) is 3.99. The van der Waals surface area contributed by atoms with Crippen molar-refractivity contribution in [1.82, 2.24) is 29.8 Å². The lowest BCUT2D eigenvalue weighted by Crippen LogP contribution is -2.45. The van der Waals surface area contributed by atoms with Crippen LogP contribution in [0.1, 0.15) is 55.9 Å². The molecule has 37 heavy (non-hydrogen) atoms. The summed E-state index contributed by atoms with van der Waals surface area (Å²) in [5, 5.41) is 18.0. The van der Waals surface area contributed by atoms with Crippen LogP contribution in [0.25, 0.3) is 5.65 Å². The number of nitrogens with zero attached hydrogens (tertiary/aromatic N) is 5. The van der Waals surface area contributed by atoms with Crippen LogP contribution in [0.3, 0.4) is 0 Å². The first-order chi connectivity index (χ1) is 17.9. The van der Waals surface area contributed by atoms with Crippen LogP contribution in [-0.2, 0) is 0 Å². The average molecular weight is 526 g/mol. The van der Waals surface area contributed by atoms with E-state index in [4.69, 9.17) is 16.7 Å². The van der Waals surface area contributed by atoms with Gasteiger partial charge < -0.3 is 26.2 Å². The van der Waals surface area contributed by atoms with E-state index in [0.717, 1.165) is 44.2 Å². The maximum Gasteiger partial charge on any atom is 0.317 e. The number of carbonyl (C=O) groups excluding carboxylic acids is 2. The Hall–Kier alpha value is -3.60. The molecule has 2 aliphatic carbocycles. The first kappa shape index (κ1) is 25.1. The number of hydrogen-bond donors (Lipinski definition) is 4. The van der Waals surface area contributed by atoms with Crippen LogP contribution in [0.5, 0.6) is 0 Å². The zero-order valence-electron chi connectivity index (χ0n) is 21.0. The third-order valence-electron chi connectivity index (χ3n) is 6.85. The topological polar surface area (TPSA) is 129 Å². The van der Waals surface area contributed by atoms with Gasteiger partial charge in [-0.05, 0) is 57.6 Å². The Morgan fingerprint density at radius 1 is 1.05 bits per heavy atom. The van der Waals surface area contributed by atoms with Crippen LogP contribution in [-0.4, -0.2) is 68.1 Å². The quantitative estimate of drug-likeness (QED) is 0.327. The van der Waals surface area contributed by atoms with Crippen LogP contribution in [0.15, 0.2) is 30.6 Å². The van der Waals surface area contributed by atoms with E-state index in [0.29, 0.717) is 40.6 Å². The summed E-state index contributed by atoms with van der Waals surface area (Å²) in [4.78, 5) is 35.4. The number of hydrogen-bond acceptors (Lipinski definition) is 7. The highest BCUT2D eigenvalue weighted by Crippen LogP contribution is 2.30. The number of anilines is 3. The molecule has 3 heterocycles. The van der Waals surface area contributed by atoms with E-state index in [1.165, 1.54) is 12.4 Å². The third-order valence-corrected chi connectivity index (χ3v) is 7.06. The van der Waals surface area contributed by atoms with Crippen molar-refractivity contribution < 1.29 is 9.59 Å². The molecule has 0 aromatic carbocycles. The van der Waals surface area contributed by atoms with Gasteiger partial charge in [0.2, 0.25) is 0 Å². The van der Waals surface area contributed by atoms with E-state index in [9.17, 15) is 9.59 Å². The predicted molar refractivity (Wildman–Crippen MR) is 143 cm³/mol. The number of imidazole rings is 1. The van der Waals surface area contributed by atoms with Crippen LogP contribution < -0.4 is 21.3 Å². The minimum Gasteiger partial charge on any atom is -0.379 e. The number of aromatic nitrogens is 4. The SMILES string of the molecule is CCN(C)C(=O)NC1CCC(Nc2cc(NC3CC3)c3ncc(C(=O)Nc4ccnc(Cl)c4)n3n2)CC1. The molecular weight excluding hydrogens is 494 g/mol. The molecule has 0 spiro atoms. The van der Waals surface area contributed by atoms with E-state index in [2.05, 4.69) is 31.2 Å². The molecule has 0 unspecified atom stereocenters. The molecule has 2 saturated carbocycles. The second-order valence-electron chi connectivity index (χ2n) is 9.72. The highest BCUT2D eigenvalue weighted by Gasteiger charge is 2.26. The van der Waals surface area contributed by atoms with Gasteiger partial charge in [0, 0.05) is 49.7 Å². The van der Waals surface area contributed by atoms with Crippen molar-refractivity contribution in [3.05, 3.63) is 41.4 Å². The van der Waals surface area contributed by atoms with Crippen molar-refractivity contribution in [3.8, 4) is 0 Å². The van der Waals surface area contributed by atoms with Crippen molar-refractivity contribution in [2.75, 3.05) is 29.5 Å². The summed E-state index contributed by atoms with van der Waals surface area (Å²) >= 11 is 5.96. The standard InChI is InChI=1S/C25H32ClN9O2/c1-3-34(2)25(37)32-17-8-6-16(7-9-17)30-22-13-19(29-15-4-5-15)23-28-14-20(35(23)33-22)24(36)31-18-10-11-27-21(26)12-18/h10-17,29H,3-9H2,1-2H3,(H,30,33)(H,32,37)(H,27,31,36). The summed E-state index contributed by atoms with van der Waals surface area (Å²) in [7, 11) is 1.80. The number of amides is 3. The molecule has 4 N–H and O–H groups in total. The molecule has 3 amide bonds. The van der Waals surface area contributed by atoms with Crippen molar-refractivity contribution >= 4 is 46.4 Å². The molecule has 0 saturated heterocycles. The molecule has 196 valence electrons. The van der Waals surface area contributed by atoms with Gasteiger partial charge in [-0.3, -0.25) is 4.79 Å². The van der Waals surface area contributed by atoms with Gasteiger partial charge in [0.25, 0.3) is 5.91 Å². The van der Waals surface area contributed by atoms with Gasteiger partial charge in [-0.2, -0.15) is 0 Å². The van der Waals surface area contributed by atoms with E-state index in [1.54, 1.807) is 28.6 Å². The Bertz CT molecular complexity index is 1280. The fourth-order valence-electron chi connectivity index (χ4n) is 4.44. The Kier molecular flexibility index (Phi) is 7.31. The minimum atomic E-state index is -0.343. The first-order valence-electron chi connectivity index (χ1n) is 12.8. The van der Waals surface area contributed by atoms with Gasteiger partial charge in [-0.1, -0.05) is 11.6 Å².